The molecule has 0 unspecified atom stereocenters. The normalized spacial score (nSPS) is 22.4. The van der Waals surface area contributed by atoms with Crippen LogP contribution in [0.5, 0.6) is 0 Å². The summed E-state index contributed by atoms with van der Waals surface area (Å²) in [4.78, 5) is 2.07. The zero-order valence-corrected chi connectivity index (χ0v) is 12.9. The summed E-state index contributed by atoms with van der Waals surface area (Å²) in [7, 11) is -1.54. The molecule has 21 heavy (non-hydrogen) atoms. The maximum absolute atomic E-state index is 12.0. The monoisotopic (exact) mass is 314 g/mol. The second-order valence-corrected chi connectivity index (χ2v) is 7.18. The van der Waals surface area contributed by atoms with E-state index in [2.05, 4.69) is 9.62 Å². The highest BCUT2D eigenvalue weighted by Crippen LogP contribution is 2.14. The molecule has 1 aromatic rings. The van der Waals surface area contributed by atoms with E-state index < -0.39 is 21.4 Å². The molecule has 0 amide bonds. The molecular formula is C14H22N2O4S. The van der Waals surface area contributed by atoms with Crippen molar-refractivity contribution in [2.75, 3.05) is 38.3 Å². The molecule has 0 radical (unpaired) electrons. The smallest absolute Gasteiger partial charge is 0.219 e. The Balaban J connectivity index is 1.74. The van der Waals surface area contributed by atoms with Crippen molar-refractivity contribution in [1.29, 1.82) is 0 Å². The van der Waals surface area contributed by atoms with Crippen LogP contribution in [0, 0.1) is 0 Å². The molecule has 0 saturated carbocycles. The lowest BCUT2D eigenvalue weighted by Gasteiger charge is -2.20. The first-order chi connectivity index (χ1) is 10.0. The summed E-state index contributed by atoms with van der Waals surface area (Å²) in [5.41, 5.74) is 1.10. The number of aliphatic hydroxyl groups is 1. The molecule has 7 heteroatoms. The van der Waals surface area contributed by atoms with Crippen LogP contribution >= 0.6 is 0 Å². The average Bonchev–Trinajstić information content (AvgIpc) is 2.91. The molecule has 2 atom stereocenters. The molecule has 1 saturated heterocycles. The maximum atomic E-state index is 12.0. The van der Waals surface area contributed by atoms with Crippen LogP contribution in [0.15, 0.2) is 30.3 Å². The average molecular weight is 314 g/mol. The van der Waals surface area contributed by atoms with Crippen molar-refractivity contribution < 1.29 is 18.3 Å². The highest BCUT2D eigenvalue weighted by Gasteiger charge is 2.37. The van der Waals surface area contributed by atoms with Crippen molar-refractivity contribution >= 4 is 15.7 Å². The van der Waals surface area contributed by atoms with Gasteiger partial charge in [0.25, 0.3) is 0 Å². The van der Waals surface area contributed by atoms with Gasteiger partial charge in [0.2, 0.25) is 10.0 Å². The topological polar surface area (TPSA) is 78.9 Å². The molecule has 1 aliphatic rings. The Morgan fingerprint density at radius 1 is 1.33 bits per heavy atom. The molecule has 0 aliphatic carbocycles. The zero-order valence-electron chi connectivity index (χ0n) is 12.1. The Labute approximate surface area is 125 Å². The van der Waals surface area contributed by atoms with E-state index in [0.717, 1.165) is 12.2 Å². The Hall–Kier alpha value is -1.15. The van der Waals surface area contributed by atoms with E-state index >= 15 is 0 Å². The van der Waals surface area contributed by atoms with Crippen LogP contribution in [-0.2, 0) is 14.8 Å². The number of benzene rings is 1. The minimum Gasteiger partial charge on any atom is -0.389 e. The fraction of sp³-hybridized carbons (Fsp3) is 0.571. The summed E-state index contributed by atoms with van der Waals surface area (Å²) < 4.78 is 31.5. The highest BCUT2D eigenvalue weighted by molar-refractivity contribution is 7.90. The molecular weight excluding hydrogens is 292 g/mol. The first-order valence-corrected chi connectivity index (χ1v) is 8.56. The Bertz CT molecular complexity index is 535. The van der Waals surface area contributed by atoms with Gasteiger partial charge in [0.1, 0.15) is 5.25 Å². The second-order valence-electron chi connectivity index (χ2n) is 5.19. The van der Waals surface area contributed by atoms with Gasteiger partial charge < -0.3 is 14.7 Å². The van der Waals surface area contributed by atoms with Gasteiger partial charge in [-0.1, -0.05) is 18.2 Å². The van der Waals surface area contributed by atoms with E-state index in [0.29, 0.717) is 13.0 Å². The number of ether oxygens (including phenoxy) is 1. The van der Waals surface area contributed by atoms with Crippen LogP contribution in [0.2, 0.25) is 0 Å². The second kappa shape index (κ2) is 7.22. The number of para-hydroxylation sites is 1. The Morgan fingerprint density at radius 2 is 2.05 bits per heavy atom. The highest BCUT2D eigenvalue weighted by atomic mass is 32.2. The molecule has 6 nitrogen and oxygen atoms in total. The van der Waals surface area contributed by atoms with E-state index in [1.807, 2.05) is 37.4 Å². The summed E-state index contributed by atoms with van der Waals surface area (Å²) >= 11 is 0. The number of anilines is 1. The molecule has 0 aromatic heterocycles. The quantitative estimate of drug-likeness (QED) is 0.703. The molecule has 0 spiro atoms. The molecule has 1 heterocycles. The Kier molecular flexibility index (Phi) is 5.58. The van der Waals surface area contributed by atoms with Gasteiger partial charge in [-0.25, -0.2) is 13.1 Å². The lowest BCUT2D eigenvalue weighted by Crippen LogP contribution is -2.41. The largest absolute Gasteiger partial charge is 0.389 e. The lowest BCUT2D eigenvalue weighted by atomic mass is 10.3. The van der Waals surface area contributed by atoms with Crippen molar-refractivity contribution in [3.8, 4) is 0 Å². The number of sulfonamides is 1. The number of rotatable bonds is 7. The summed E-state index contributed by atoms with van der Waals surface area (Å²) in [6.45, 7) is 1.24. The van der Waals surface area contributed by atoms with Crippen LogP contribution < -0.4 is 9.62 Å². The van der Waals surface area contributed by atoms with Crippen LogP contribution in [-0.4, -0.2) is 58.2 Å². The van der Waals surface area contributed by atoms with Gasteiger partial charge in [0, 0.05) is 25.8 Å². The summed E-state index contributed by atoms with van der Waals surface area (Å²) in [5, 5.41) is 8.71. The SMILES string of the molecule is CN(CCCNS(=O)(=O)[C@@H]1COC[C@H]1O)c1ccccc1. The number of hydrogen-bond donors (Lipinski definition) is 2. The van der Waals surface area contributed by atoms with E-state index in [-0.39, 0.29) is 13.2 Å². The minimum absolute atomic E-state index is 0.0560. The molecule has 0 bridgehead atoms. The summed E-state index contributed by atoms with van der Waals surface area (Å²) in [6.07, 6.45) is -0.247. The van der Waals surface area contributed by atoms with Gasteiger partial charge in [-0.2, -0.15) is 0 Å². The standard InChI is InChI=1S/C14H22N2O4S/c1-16(12-6-3-2-4-7-12)9-5-8-15-21(18,19)14-11-20-10-13(14)17/h2-4,6-7,13-15,17H,5,8-11H2,1H3/t13-,14-/m1/s1. The van der Waals surface area contributed by atoms with Gasteiger partial charge in [-0.05, 0) is 18.6 Å². The van der Waals surface area contributed by atoms with Crippen molar-refractivity contribution in [3.63, 3.8) is 0 Å². The molecule has 1 fully saturated rings. The Morgan fingerprint density at radius 3 is 2.67 bits per heavy atom. The third-order valence-electron chi connectivity index (χ3n) is 3.57. The third-order valence-corrected chi connectivity index (χ3v) is 5.42. The fourth-order valence-electron chi connectivity index (χ4n) is 2.27. The van der Waals surface area contributed by atoms with Crippen molar-refractivity contribution in [2.45, 2.75) is 17.8 Å². The minimum atomic E-state index is -3.52. The van der Waals surface area contributed by atoms with E-state index in [4.69, 9.17) is 4.74 Å². The van der Waals surface area contributed by atoms with Gasteiger partial charge in [0.05, 0.1) is 19.3 Å². The van der Waals surface area contributed by atoms with Gasteiger partial charge in [-0.15, -0.1) is 0 Å². The van der Waals surface area contributed by atoms with E-state index in [1.165, 1.54) is 0 Å². The van der Waals surface area contributed by atoms with Crippen molar-refractivity contribution in [2.24, 2.45) is 0 Å². The lowest BCUT2D eigenvalue weighted by molar-refractivity contribution is 0.127. The first-order valence-electron chi connectivity index (χ1n) is 7.01. The van der Waals surface area contributed by atoms with E-state index in [9.17, 15) is 13.5 Å². The van der Waals surface area contributed by atoms with Gasteiger partial charge in [0.15, 0.2) is 0 Å². The predicted molar refractivity (Wildman–Crippen MR) is 81.9 cm³/mol. The number of nitrogens with one attached hydrogen (secondary N) is 1. The molecule has 2 rings (SSSR count). The molecule has 1 aliphatic heterocycles. The fourth-order valence-corrected chi connectivity index (χ4v) is 3.68. The first kappa shape index (κ1) is 16.2. The number of aliphatic hydroxyl groups excluding tert-OH is 1. The molecule has 1 aromatic carbocycles. The number of nitrogens with zero attached hydrogens (tertiary/aromatic N) is 1. The third kappa shape index (κ3) is 4.41. The molecule has 2 N–H and O–H groups in total. The van der Waals surface area contributed by atoms with Crippen molar-refractivity contribution in [3.05, 3.63) is 30.3 Å². The number of hydrogen-bond acceptors (Lipinski definition) is 5. The van der Waals surface area contributed by atoms with Crippen LogP contribution in [0.1, 0.15) is 6.42 Å². The van der Waals surface area contributed by atoms with Crippen molar-refractivity contribution in [1.82, 2.24) is 4.72 Å². The molecule has 118 valence electrons. The van der Waals surface area contributed by atoms with Gasteiger partial charge in [-0.3, -0.25) is 0 Å². The van der Waals surface area contributed by atoms with Gasteiger partial charge >= 0.3 is 0 Å². The zero-order chi connectivity index (χ0) is 15.3. The van der Waals surface area contributed by atoms with E-state index in [1.54, 1.807) is 0 Å². The maximum Gasteiger partial charge on any atom is 0.219 e. The summed E-state index contributed by atoms with van der Waals surface area (Å²) in [6, 6.07) is 9.92. The van der Waals surface area contributed by atoms with Crippen LogP contribution in [0.25, 0.3) is 0 Å². The summed E-state index contributed by atoms with van der Waals surface area (Å²) in [5.74, 6) is 0. The van der Waals surface area contributed by atoms with Crippen LogP contribution in [0.3, 0.4) is 0 Å². The van der Waals surface area contributed by atoms with Crippen LogP contribution in [0.4, 0.5) is 5.69 Å². The predicted octanol–water partition coefficient (Wildman–Crippen LogP) is 0.192.